The first kappa shape index (κ1) is 20.6. The van der Waals surface area contributed by atoms with Gasteiger partial charge in [-0.1, -0.05) is 72.8 Å². The van der Waals surface area contributed by atoms with E-state index < -0.39 is 5.76 Å². The van der Waals surface area contributed by atoms with Gasteiger partial charge < -0.3 is 4.42 Å². The van der Waals surface area contributed by atoms with Crippen molar-refractivity contribution in [2.24, 2.45) is 0 Å². The van der Waals surface area contributed by atoms with Crippen molar-refractivity contribution >= 4 is 17.0 Å². The second-order valence-electron chi connectivity index (χ2n) is 7.45. The molecule has 1 aromatic heterocycles. The molecule has 0 unspecified atom stereocenters. The summed E-state index contributed by atoms with van der Waals surface area (Å²) in [5, 5.41) is 1.92. The van der Waals surface area contributed by atoms with Gasteiger partial charge in [-0.3, -0.25) is 14.8 Å². The van der Waals surface area contributed by atoms with Crippen molar-refractivity contribution in [1.82, 2.24) is 15.0 Å². The van der Waals surface area contributed by atoms with E-state index in [0.29, 0.717) is 38.1 Å². The molecule has 0 aliphatic carbocycles. The molecule has 0 aliphatic rings. The Morgan fingerprint density at radius 1 is 0.839 bits per heavy atom. The molecule has 1 amide bonds. The lowest BCUT2D eigenvalue weighted by Gasteiger charge is -2.23. The number of para-hydroxylation sites is 2. The number of rotatable bonds is 9. The fraction of sp³-hybridized carbons (Fsp3) is 0.200. The Balaban J connectivity index is 1.37. The van der Waals surface area contributed by atoms with E-state index in [4.69, 9.17) is 4.42 Å². The molecule has 0 saturated carbocycles. The van der Waals surface area contributed by atoms with Crippen LogP contribution < -0.4 is 11.2 Å². The van der Waals surface area contributed by atoms with Crippen molar-refractivity contribution in [3.63, 3.8) is 0 Å². The summed E-state index contributed by atoms with van der Waals surface area (Å²) in [4.78, 5) is 24.7. The van der Waals surface area contributed by atoms with Gasteiger partial charge in [0, 0.05) is 26.1 Å². The summed E-state index contributed by atoms with van der Waals surface area (Å²) in [6, 6.07) is 27.4. The minimum absolute atomic E-state index is 0.0762. The lowest BCUT2D eigenvalue weighted by molar-refractivity contribution is -0.126. The molecule has 0 saturated heterocycles. The number of hydrogen-bond acceptors (Lipinski definition) is 4. The Morgan fingerprint density at radius 2 is 1.42 bits per heavy atom. The Bertz CT molecular complexity index is 1140. The van der Waals surface area contributed by atoms with E-state index in [0.717, 1.165) is 16.6 Å². The number of nitrogens with one attached hydrogen (secondary N) is 1. The zero-order valence-electron chi connectivity index (χ0n) is 17.2. The predicted octanol–water partition coefficient (Wildman–Crippen LogP) is 4.11. The smallest absolute Gasteiger partial charge is 0.408 e. The first-order valence-electron chi connectivity index (χ1n) is 10.4. The fourth-order valence-corrected chi connectivity index (χ4v) is 3.60. The largest absolute Gasteiger partial charge is 0.419 e. The highest BCUT2D eigenvalue weighted by Gasteiger charge is 2.13. The third-order valence-electron chi connectivity index (χ3n) is 5.07. The van der Waals surface area contributed by atoms with Crippen molar-refractivity contribution in [2.45, 2.75) is 32.5 Å². The number of carbonyl (C=O) groups is 1. The van der Waals surface area contributed by atoms with Crippen LogP contribution >= 0.6 is 0 Å². The normalized spacial score (nSPS) is 11.1. The first-order valence-corrected chi connectivity index (χ1v) is 10.4. The lowest BCUT2D eigenvalue weighted by atomic mass is 10.2. The zero-order chi connectivity index (χ0) is 21.5. The van der Waals surface area contributed by atoms with Crippen LogP contribution in [0, 0.1) is 0 Å². The Morgan fingerprint density at radius 3 is 2.06 bits per heavy atom. The standard InChI is InChI=1S/C25H25N3O3/c29-24(16-9-17-28-22-14-7-8-15-23(22)31-25(28)30)26-27(18-20-10-3-1-4-11-20)19-21-12-5-2-6-13-21/h1-8,10-15H,9,16-19H2,(H,26,29). The van der Waals surface area contributed by atoms with Gasteiger partial charge in [-0.15, -0.1) is 0 Å². The number of hydrogen-bond donors (Lipinski definition) is 1. The molecule has 0 aliphatic heterocycles. The van der Waals surface area contributed by atoms with E-state index in [1.54, 1.807) is 10.6 Å². The van der Waals surface area contributed by atoms with Crippen LogP contribution in [0.15, 0.2) is 94.1 Å². The summed E-state index contributed by atoms with van der Waals surface area (Å²) in [5.41, 5.74) is 6.59. The number of oxazole rings is 1. The van der Waals surface area contributed by atoms with Crippen LogP contribution in [-0.4, -0.2) is 15.5 Å². The van der Waals surface area contributed by atoms with E-state index in [2.05, 4.69) is 5.43 Å². The fourth-order valence-electron chi connectivity index (χ4n) is 3.60. The maximum atomic E-state index is 12.6. The summed E-state index contributed by atoms with van der Waals surface area (Å²) in [6.07, 6.45) is 0.853. The molecule has 0 bridgehead atoms. The Hall–Kier alpha value is -3.64. The molecule has 0 fully saturated rings. The number of aryl methyl sites for hydroxylation is 1. The van der Waals surface area contributed by atoms with E-state index in [1.807, 2.05) is 83.9 Å². The van der Waals surface area contributed by atoms with Crippen LogP contribution in [-0.2, 0) is 24.4 Å². The number of carbonyl (C=O) groups excluding carboxylic acids is 1. The molecule has 31 heavy (non-hydrogen) atoms. The van der Waals surface area contributed by atoms with Crippen LogP contribution in [0.5, 0.6) is 0 Å². The summed E-state index contributed by atoms with van der Waals surface area (Å²) >= 11 is 0. The van der Waals surface area contributed by atoms with Crippen molar-refractivity contribution in [2.75, 3.05) is 0 Å². The first-order chi connectivity index (χ1) is 15.2. The van der Waals surface area contributed by atoms with E-state index in [1.165, 1.54) is 0 Å². The van der Waals surface area contributed by atoms with Gasteiger partial charge in [0.05, 0.1) is 5.52 Å². The molecule has 1 heterocycles. The molecule has 0 atom stereocenters. The predicted molar refractivity (Wildman–Crippen MR) is 120 cm³/mol. The summed E-state index contributed by atoms with van der Waals surface area (Å²) in [5.74, 6) is -0.468. The maximum Gasteiger partial charge on any atom is 0.419 e. The molecule has 6 heteroatoms. The summed E-state index contributed by atoms with van der Waals surface area (Å²) in [6.45, 7) is 1.64. The van der Waals surface area contributed by atoms with E-state index in [9.17, 15) is 9.59 Å². The van der Waals surface area contributed by atoms with Gasteiger partial charge >= 0.3 is 5.76 Å². The number of aromatic nitrogens is 1. The van der Waals surface area contributed by atoms with Gasteiger partial charge in [-0.05, 0) is 29.7 Å². The van der Waals surface area contributed by atoms with Crippen molar-refractivity contribution in [3.05, 3.63) is 107 Å². The van der Waals surface area contributed by atoms with Crippen LogP contribution in [0.3, 0.4) is 0 Å². The number of amides is 1. The lowest BCUT2D eigenvalue weighted by Crippen LogP contribution is -2.41. The molecule has 1 N–H and O–H groups in total. The molecule has 158 valence electrons. The Labute approximate surface area is 180 Å². The summed E-state index contributed by atoms with van der Waals surface area (Å²) < 4.78 is 6.83. The quantitative estimate of drug-likeness (QED) is 0.418. The number of benzene rings is 3. The topological polar surface area (TPSA) is 67.5 Å². The highest BCUT2D eigenvalue weighted by molar-refractivity contribution is 5.75. The molecule has 0 spiro atoms. The minimum atomic E-state index is -0.392. The van der Waals surface area contributed by atoms with Crippen molar-refractivity contribution in [1.29, 1.82) is 0 Å². The van der Waals surface area contributed by atoms with E-state index in [-0.39, 0.29) is 5.91 Å². The third-order valence-corrected chi connectivity index (χ3v) is 5.07. The monoisotopic (exact) mass is 415 g/mol. The van der Waals surface area contributed by atoms with Gasteiger partial charge in [0.1, 0.15) is 0 Å². The number of fused-ring (bicyclic) bond motifs is 1. The van der Waals surface area contributed by atoms with Crippen LogP contribution in [0.4, 0.5) is 0 Å². The van der Waals surface area contributed by atoms with Crippen molar-refractivity contribution in [3.8, 4) is 0 Å². The van der Waals surface area contributed by atoms with Crippen LogP contribution in [0.2, 0.25) is 0 Å². The van der Waals surface area contributed by atoms with Gasteiger partial charge in [0.2, 0.25) is 5.91 Å². The minimum Gasteiger partial charge on any atom is -0.408 e. The van der Waals surface area contributed by atoms with Gasteiger partial charge in [-0.25, -0.2) is 9.80 Å². The molecule has 4 aromatic rings. The molecule has 0 radical (unpaired) electrons. The van der Waals surface area contributed by atoms with Crippen LogP contribution in [0.1, 0.15) is 24.0 Å². The van der Waals surface area contributed by atoms with E-state index >= 15 is 0 Å². The molecule has 4 rings (SSSR count). The molecule has 3 aromatic carbocycles. The average molecular weight is 415 g/mol. The second kappa shape index (κ2) is 9.91. The second-order valence-corrected chi connectivity index (χ2v) is 7.45. The third kappa shape index (κ3) is 5.49. The summed E-state index contributed by atoms with van der Waals surface area (Å²) in [7, 11) is 0. The number of hydrazine groups is 1. The number of nitrogens with zero attached hydrogens (tertiary/aromatic N) is 2. The average Bonchev–Trinajstić information content (AvgIpc) is 3.10. The zero-order valence-corrected chi connectivity index (χ0v) is 17.2. The highest BCUT2D eigenvalue weighted by atomic mass is 16.4. The van der Waals surface area contributed by atoms with Crippen molar-refractivity contribution < 1.29 is 9.21 Å². The SMILES string of the molecule is O=C(CCCn1c(=O)oc2ccccc21)NN(Cc1ccccc1)Cc1ccccc1. The van der Waals surface area contributed by atoms with Gasteiger partial charge in [0.15, 0.2) is 5.58 Å². The molecule has 6 nitrogen and oxygen atoms in total. The molecular weight excluding hydrogens is 390 g/mol. The van der Waals surface area contributed by atoms with Gasteiger partial charge in [-0.2, -0.15) is 0 Å². The highest BCUT2D eigenvalue weighted by Crippen LogP contribution is 2.13. The molecular formula is C25H25N3O3. The van der Waals surface area contributed by atoms with Gasteiger partial charge in [0.25, 0.3) is 0 Å². The maximum absolute atomic E-state index is 12.6. The Kier molecular flexibility index (Phi) is 6.59. The van der Waals surface area contributed by atoms with Crippen LogP contribution in [0.25, 0.3) is 11.1 Å².